The molecule has 2 aliphatic rings. The van der Waals surface area contributed by atoms with Crippen molar-refractivity contribution in [3.8, 4) is 0 Å². The van der Waals surface area contributed by atoms with Crippen LogP contribution in [0.3, 0.4) is 0 Å². The lowest BCUT2D eigenvalue weighted by atomic mass is 9.87. The number of rotatable bonds is 1. The lowest BCUT2D eigenvalue weighted by Crippen LogP contribution is -2.03. The molecule has 2 aliphatic carbocycles. The predicted molar refractivity (Wildman–Crippen MR) is 52.8 cm³/mol. The van der Waals surface area contributed by atoms with E-state index in [9.17, 15) is 0 Å². The van der Waals surface area contributed by atoms with E-state index in [1.165, 1.54) is 19.3 Å². The first-order valence-electron chi connectivity index (χ1n) is 4.66. The van der Waals surface area contributed by atoms with E-state index in [2.05, 4.69) is 42.5 Å². The summed E-state index contributed by atoms with van der Waals surface area (Å²) in [6.07, 6.45) is 19.2. The summed E-state index contributed by atoms with van der Waals surface area (Å²) >= 11 is 0. The third-order valence-electron chi connectivity index (χ3n) is 2.50. The van der Waals surface area contributed by atoms with Gasteiger partial charge in [0, 0.05) is 5.92 Å². The summed E-state index contributed by atoms with van der Waals surface area (Å²) in [5.41, 5.74) is 1.60. The minimum Gasteiger partial charge on any atom is -0.0842 e. The van der Waals surface area contributed by atoms with Crippen molar-refractivity contribution in [1.82, 2.24) is 0 Å². The maximum atomic E-state index is 2.31. The highest BCUT2D eigenvalue weighted by molar-refractivity contribution is 5.27. The van der Waals surface area contributed by atoms with Gasteiger partial charge in [-0.05, 0) is 19.3 Å². The first-order valence-corrected chi connectivity index (χ1v) is 4.66. The van der Waals surface area contributed by atoms with E-state index >= 15 is 0 Å². The van der Waals surface area contributed by atoms with E-state index in [1.807, 2.05) is 0 Å². The maximum Gasteiger partial charge on any atom is 0.00177 e. The van der Waals surface area contributed by atoms with Crippen LogP contribution in [0.4, 0.5) is 0 Å². The zero-order valence-corrected chi connectivity index (χ0v) is 7.24. The molecule has 0 saturated heterocycles. The van der Waals surface area contributed by atoms with Crippen molar-refractivity contribution >= 4 is 0 Å². The van der Waals surface area contributed by atoms with Crippen LogP contribution in [0.1, 0.15) is 19.3 Å². The molecular formula is C12H14. The molecule has 0 spiro atoms. The average molecular weight is 158 g/mol. The molecule has 0 aliphatic heterocycles. The Labute approximate surface area is 74.0 Å². The molecule has 0 aromatic rings. The van der Waals surface area contributed by atoms with E-state index in [0.29, 0.717) is 5.92 Å². The lowest BCUT2D eigenvalue weighted by Gasteiger charge is -2.18. The van der Waals surface area contributed by atoms with E-state index in [4.69, 9.17) is 0 Å². The molecule has 0 N–H and O–H groups in total. The summed E-state index contributed by atoms with van der Waals surface area (Å²) in [6, 6.07) is 0. The van der Waals surface area contributed by atoms with Gasteiger partial charge < -0.3 is 0 Å². The zero-order chi connectivity index (χ0) is 8.23. The molecule has 0 bridgehead atoms. The van der Waals surface area contributed by atoms with Crippen molar-refractivity contribution < 1.29 is 0 Å². The first kappa shape index (κ1) is 7.60. The van der Waals surface area contributed by atoms with Gasteiger partial charge in [-0.3, -0.25) is 0 Å². The van der Waals surface area contributed by atoms with Crippen LogP contribution in [0.5, 0.6) is 0 Å². The Morgan fingerprint density at radius 2 is 2.08 bits per heavy atom. The summed E-state index contributed by atoms with van der Waals surface area (Å²) in [5.74, 6) is 0.681. The fourth-order valence-electron chi connectivity index (χ4n) is 1.79. The lowest BCUT2D eigenvalue weighted by molar-refractivity contribution is 0.711. The van der Waals surface area contributed by atoms with E-state index in [1.54, 1.807) is 5.57 Å². The van der Waals surface area contributed by atoms with Gasteiger partial charge in [0.25, 0.3) is 0 Å². The molecule has 0 saturated carbocycles. The van der Waals surface area contributed by atoms with Gasteiger partial charge in [0.1, 0.15) is 0 Å². The average Bonchev–Trinajstić information content (AvgIpc) is 2.21. The predicted octanol–water partition coefficient (Wildman–Crippen LogP) is 3.40. The minimum absolute atomic E-state index is 0.681. The second-order valence-electron chi connectivity index (χ2n) is 3.36. The van der Waals surface area contributed by atoms with Crippen molar-refractivity contribution in [3.63, 3.8) is 0 Å². The Balaban J connectivity index is 2.09. The molecule has 0 nitrogen and oxygen atoms in total. The smallest absolute Gasteiger partial charge is 0.00177 e. The Morgan fingerprint density at radius 1 is 1.08 bits per heavy atom. The molecular weight excluding hydrogens is 144 g/mol. The summed E-state index contributed by atoms with van der Waals surface area (Å²) in [7, 11) is 0. The number of hydrogen-bond acceptors (Lipinski definition) is 0. The molecule has 0 amide bonds. The van der Waals surface area contributed by atoms with Gasteiger partial charge in [-0.15, -0.1) is 0 Å². The largest absolute Gasteiger partial charge is 0.0842 e. The summed E-state index contributed by atoms with van der Waals surface area (Å²) < 4.78 is 0. The quantitative estimate of drug-likeness (QED) is 0.548. The van der Waals surface area contributed by atoms with Gasteiger partial charge in [-0.1, -0.05) is 48.1 Å². The topological polar surface area (TPSA) is 0 Å². The molecule has 62 valence electrons. The van der Waals surface area contributed by atoms with Crippen LogP contribution in [0, 0.1) is 5.92 Å². The molecule has 0 aromatic heterocycles. The van der Waals surface area contributed by atoms with Gasteiger partial charge in [-0.25, -0.2) is 0 Å². The Hall–Kier alpha value is -1.04. The number of hydrogen-bond donors (Lipinski definition) is 0. The van der Waals surface area contributed by atoms with E-state index < -0.39 is 0 Å². The van der Waals surface area contributed by atoms with Crippen LogP contribution in [0.15, 0.2) is 48.1 Å². The van der Waals surface area contributed by atoms with Crippen molar-refractivity contribution in [2.75, 3.05) is 0 Å². The summed E-state index contributed by atoms with van der Waals surface area (Å²) in [5, 5.41) is 0. The molecule has 0 heteroatoms. The van der Waals surface area contributed by atoms with Crippen LogP contribution in [0.2, 0.25) is 0 Å². The third kappa shape index (κ3) is 1.58. The minimum atomic E-state index is 0.681. The molecule has 12 heavy (non-hydrogen) atoms. The highest BCUT2D eigenvalue weighted by atomic mass is 14.2. The first-order chi connectivity index (χ1) is 5.97. The highest BCUT2D eigenvalue weighted by Gasteiger charge is 2.11. The van der Waals surface area contributed by atoms with Crippen molar-refractivity contribution in [3.05, 3.63) is 48.1 Å². The van der Waals surface area contributed by atoms with Crippen LogP contribution < -0.4 is 0 Å². The molecule has 0 fully saturated rings. The Kier molecular flexibility index (Phi) is 2.26. The van der Waals surface area contributed by atoms with Crippen LogP contribution in [-0.2, 0) is 0 Å². The molecule has 0 aromatic carbocycles. The third-order valence-corrected chi connectivity index (χ3v) is 2.50. The number of allylic oxidation sites excluding steroid dienone is 8. The second kappa shape index (κ2) is 3.57. The Bertz CT molecular complexity index is 264. The molecule has 0 heterocycles. The van der Waals surface area contributed by atoms with Crippen LogP contribution in [-0.4, -0.2) is 0 Å². The van der Waals surface area contributed by atoms with Gasteiger partial charge in [0.2, 0.25) is 0 Å². The normalized spacial score (nSPS) is 27.3. The van der Waals surface area contributed by atoms with Gasteiger partial charge in [-0.2, -0.15) is 0 Å². The molecule has 2 rings (SSSR count). The molecule has 0 unspecified atom stereocenters. The zero-order valence-electron chi connectivity index (χ0n) is 7.24. The SMILES string of the molecule is C1=CCCC([C@@H]2C=CC=CC2)=C1. The molecule has 0 radical (unpaired) electrons. The standard InChI is InChI=1S/C12H14/c1-3-7-11(8-4-1)12-9-5-2-6-10-12/h1-5,7,9,11H,6,8,10H2/t11-/m1/s1. The second-order valence-corrected chi connectivity index (χ2v) is 3.36. The maximum absolute atomic E-state index is 2.31. The summed E-state index contributed by atoms with van der Waals surface area (Å²) in [4.78, 5) is 0. The van der Waals surface area contributed by atoms with Gasteiger partial charge in [0.05, 0.1) is 0 Å². The van der Waals surface area contributed by atoms with E-state index in [-0.39, 0.29) is 0 Å². The monoisotopic (exact) mass is 158 g/mol. The Morgan fingerprint density at radius 3 is 2.75 bits per heavy atom. The van der Waals surface area contributed by atoms with Crippen molar-refractivity contribution in [2.24, 2.45) is 5.92 Å². The van der Waals surface area contributed by atoms with Crippen molar-refractivity contribution in [2.45, 2.75) is 19.3 Å². The highest BCUT2D eigenvalue weighted by Crippen LogP contribution is 2.26. The fraction of sp³-hybridized carbons (Fsp3) is 0.333. The van der Waals surface area contributed by atoms with Crippen molar-refractivity contribution in [1.29, 1.82) is 0 Å². The van der Waals surface area contributed by atoms with Gasteiger partial charge >= 0.3 is 0 Å². The van der Waals surface area contributed by atoms with Crippen LogP contribution in [0.25, 0.3) is 0 Å². The molecule has 1 atom stereocenters. The van der Waals surface area contributed by atoms with Gasteiger partial charge in [0.15, 0.2) is 0 Å². The van der Waals surface area contributed by atoms with E-state index in [0.717, 1.165) is 0 Å². The fourth-order valence-corrected chi connectivity index (χ4v) is 1.79. The van der Waals surface area contributed by atoms with Crippen LogP contribution >= 0.6 is 0 Å². The summed E-state index contributed by atoms with van der Waals surface area (Å²) in [6.45, 7) is 0.